The minimum Gasteiger partial charge on any atom is -0.478 e. The van der Waals surface area contributed by atoms with E-state index >= 15 is 0 Å². The number of ether oxygens (including phenoxy) is 1. The second kappa shape index (κ2) is 7.98. The van der Waals surface area contributed by atoms with Gasteiger partial charge in [0.15, 0.2) is 0 Å². The number of carbonyl (C=O) groups excluding carboxylic acids is 1. The molecule has 4 nitrogen and oxygen atoms in total. The summed E-state index contributed by atoms with van der Waals surface area (Å²) < 4.78 is 5.45. The van der Waals surface area contributed by atoms with Gasteiger partial charge in [0.05, 0.1) is 6.61 Å². The van der Waals surface area contributed by atoms with Gasteiger partial charge in [-0.15, -0.1) is 0 Å². The topological polar surface area (TPSA) is 63.6 Å². The van der Waals surface area contributed by atoms with E-state index in [0.29, 0.717) is 18.4 Å². The highest BCUT2D eigenvalue weighted by molar-refractivity contribution is 5.80. The molecule has 4 atom stereocenters. The maximum Gasteiger partial charge on any atom is 0.328 e. The summed E-state index contributed by atoms with van der Waals surface area (Å²) in [5.41, 5.74) is 2.38. The average molecular weight is 363 g/mol. The van der Waals surface area contributed by atoms with Gasteiger partial charge in [0, 0.05) is 18.4 Å². The molecular weight excluding hydrogens is 328 g/mol. The molecule has 0 bridgehead atoms. The van der Waals surface area contributed by atoms with Crippen molar-refractivity contribution in [1.29, 1.82) is 0 Å². The Labute approximate surface area is 157 Å². The van der Waals surface area contributed by atoms with E-state index in [4.69, 9.17) is 9.84 Å². The highest BCUT2D eigenvalue weighted by atomic mass is 16.5. The molecular formula is C22H34O4. The highest BCUT2D eigenvalue weighted by Gasteiger charge is 2.54. The van der Waals surface area contributed by atoms with Crippen molar-refractivity contribution in [2.45, 2.75) is 72.6 Å². The number of fused-ring (bicyclic) bond motifs is 1. The first-order chi connectivity index (χ1) is 12.1. The van der Waals surface area contributed by atoms with Gasteiger partial charge in [0.25, 0.3) is 0 Å². The minimum absolute atomic E-state index is 0.0174. The van der Waals surface area contributed by atoms with Gasteiger partial charge in [0.1, 0.15) is 0 Å². The number of esters is 1. The zero-order valence-corrected chi connectivity index (χ0v) is 16.8. The van der Waals surface area contributed by atoms with Crippen LogP contribution in [0.4, 0.5) is 0 Å². The van der Waals surface area contributed by atoms with Gasteiger partial charge in [0.2, 0.25) is 0 Å². The van der Waals surface area contributed by atoms with Crippen LogP contribution in [0.5, 0.6) is 0 Å². The predicted molar refractivity (Wildman–Crippen MR) is 103 cm³/mol. The number of carboxylic acid groups (broad SMARTS) is 1. The van der Waals surface area contributed by atoms with Gasteiger partial charge >= 0.3 is 11.9 Å². The van der Waals surface area contributed by atoms with E-state index in [2.05, 4.69) is 20.4 Å². The van der Waals surface area contributed by atoms with E-state index in [1.54, 1.807) is 0 Å². The Morgan fingerprint density at radius 1 is 1.31 bits per heavy atom. The zero-order chi connectivity index (χ0) is 19.5. The van der Waals surface area contributed by atoms with Crippen LogP contribution >= 0.6 is 0 Å². The number of carbonyl (C=O) groups is 2. The van der Waals surface area contributed by atoms with Crippen LogP contribution < -0.4 is 0 Å². The summed E-state index contributed by atoms with van der Waals surface area (Å²) in [6.45, 7) is 12.9. The standard InChI is InChI=1S/C22H34O4/c1-15(13-20(24)25)7-9-18-16(2)8-10-19-21(4,14-26-17(3)23)11-6-12-22(18,19)5/h13,18-19H,2,6-12,14H2,1,3-5H3,(H,24,25)/b15-13+/t18-,19-,21+,22?/m0/s1. The molecule has 0 aliphatic heterocycles. The molecule has 2 rings (SSSR count). The number of hydrogen-bond donors (Lipinski definition) is 1. The molecule has 0 spiro atoms. The van der Waals surface area contributed by atoms with E-state index in [9.17, 15) is 9.59 Å². The SMILES string of the molecule is C=C1CC[C@@H]2C(C)(CCC[C@]2(C)COC(C)=O)[C@H]1CC/C(C)=C/C(=O)O. The Hall–Kier alpha value is -1.58. The minimum atomic E-state index is -0.874. The normalized spacial score (nSPS) is 34.9. The van der Waals surface area contributed by atoms with Crippen LogP contribution in [0.1, 0.15) is 72.6 Å². The third-order valence-electron chi connectivity index (χ3n) is 6.95. The summed E-state index contributed by atoms with van der Waals surface area (Å²) in [5.74, 6) is -0.178. The first-order valence-corrected chi connectivity index (χ1v) is 9.79. The van der Waals surface area contributed by atoms with Crippen molar-refractivity contribution in [1.82, 2.24) is 0 Å². The Balaban J connectivity index is 2.20. The summed E-state index contributed by atoms with van der Waals surface area (Å²) >= 11 is 0. The maximum absolute atomic E-state index is 11.4. The number of aliphatic carboxylic acids is 1. The fourth-order valence-corrected chi connectivity index (χ4v) is 5.71. The van der Waals surface area contributed by atoms with Gasteiger partial charge < -0.3 is 9.84 Å². The Morgan fingerprint density at radius 2 is 2.00 bits per heavy atom. The van der Waals surface area contributed by atoms with Crippen molar-refractivity contribution < 1.29 is 19.4 Å². The molecule has 0 amide bonds. The monoisotopic (exact) mass is 362 g/mol. The molecule has 0 aromatic carbocycles. The van der Waals surface area contributed by atoms with E-state index < -0.39 is 5.97 Å². The molecule has 4 heteroatoms. The van der Waals surface area contributed by atoms with Crippen molar-refractivity contribution in [2.75, 3.05) is 6.61 Å². The van der Waals surface area contributed by atoms with E-state index in [0.717, 1.165) is 44.1 Å². The lowest BCUT2D eigenvalue weighted by atomic mass is 9.47. The first-order valence-electron chi connectivity index (χ1n) is 9.79. The third-order valence-corrected chi connectivity index (χ3v) is 6.95. The molecule has 1 N–H and O–H groups in total. The number of hydrogen-bond acceptors (Lipinski definition) is 3. The first kappa shape index (κ1) is 20.7. The molecule has 26 heavy (non-hydrogen) atoms. The summed E-state index contributed by atoms with van der Waals surface area (Å²) in [6, 6.07) is 0. The van der Waals surface area contributed by atoms with Gasteiger partial charge in [-0.3, -0.25) is 4.79 Å². The second-order valence-electron chi connectivity index (χ2n) is 8.96. The van der Waals surface area contributed by atoms with Crippen LogP contribution in [-0.4, -0.2) is 23.7 Å². The maximum atomic E-state index is 11.4. The van der Waals surface area contributed by atoms with Crippen molar-refractivity contribution in [3.63, 3.8) is 0 Å². The van der Waals surface area contributed by atoms with E-state index in [1.807, 2.05) is 6.92 Å². The molecule has 146 valence electrons. The summed E-state index contributed by atoms with van der Waals surface area (Å²) in [4.78, 5) is 22.3. The van der Waals surface area contributed by atoms with Gasteiger partial charge in [-0.1, -0.05) is 38.0 Å². The van der Waals surface area contributed by atoms with Crippen molar-refractivity contribution in [3.05, 3.63) is 23.8 Å². The van der Waals surface area contributed by atoms with Crippen LogP contribution in [0.2, 0.25) is 0 Å². The molecule has 2 fully saturated rings. The molecule has 1 unspecified atom stereocenters. The smallest absolute Gasteiger partial charge is 0.328 e. The summed E-state index contributed by atoms with van der Waals surface area (Å²) in [5, 5.41) is 8.95. The van der Waals surface area contributed by atoms with E-state index in [-0.39, 0.29) is 16.8 Å². The molecule has 0 heterocycles. The molecule has 2 saturated carbocycles. The summed E-state index contributed by atoms with van der Waals surface area (Å²) in [6.07, 6.45) is 8.58. The van der Waals surface area contributed by atoms with Gasteiger partial charge in [-0.25, -0.2) is 4.79 Å². The van der Waals surface area contributed by atoms with Crippen molar-refractivity contribution in [2.24, 2.45) is 22.7 Å². The third kappa shape index (κ3) is 4.39. The largest absolute Gasteiger partial charge is 0.478 e. The average Bonchev–Trinajstić information content (AvgIpc) is 2.51. The van der Waals surface area contributed by atoms with Crippen molar-refractivity contribution in [3.8, 4) is 0 Å². The Kier molecular flexibility index (Phi) is 6.36. The van der Waals surface area contributed by atoms with Crippen LogP contribution in [0.3, 0.4) is 0 Å². The fraction of sp³-hybridized carbons (Fsp3) is 0.727. The van der Waals surface area contributed by atoms with Crippen LogP contribution in [0.25, 0.3) is 0 Å². The molecule has 2 aliphatic carbocycles. The zero-order valence-electron chi connectivity index (χ0n) is 16.8. The Morgan fingerprint density at radius 3 is 2.62 bits per heavy atom. The van der Waals surface area contributed by atoms with Crippen LogP contribution in [-0.2, 0) is 14.3 Å². The van der Waals surface area contributed by atoms with Crippen LogP contribution in [0.15, 0.2) is 23.8 Å². The molecule has 0 aromatic rings. The lowest BCUT2D eigenvalue weighted by molar-refractivity contribution is -0.152. The highest BCUT2D eigenvalue weighted by Crippen LogP contribution is 2.62. The quantitative estimate of drug-likeness (QED) is 0.404. The van der Waals surface area contributed by atoms with Crippen molar-refractivity contribution >= 4 is 11.9 Å². The fourth-order valence-electron chi connectivity index (χ4n) is 5.71. The molecule has 0 saturated heterocycles. The lowest BCUT2D eigenvalue weighted by Gasteiger charge is -2.58. The Bertz CT molecular complexity index is 605. The predicted octanol–water partition coefficient (Wildman–Crippen LogP) is 5.14. The molecule has 2 aliphatic rings. The lowest BCUT2D eigenvalue weighted by Crippen LogP contribution is -2.52. The second-order valence-corrected chi connectivity index (χ2v) is 8.96. The number of allylic oxidation sites excluding steroid dienone is 2. The molecule has 0 radical (unpaired) electrons. The van der Waals surface area contributed by atoms with Gasteiger partial charge in [-0.05, 0) is 62.7 Å². The molecule has 0 aromatic heterocycles. The summed E-state index contributed by atoms with van der Waals surface area (Å²) in [7, 11) is 0. The van der Waals surface area contributed by atoms with E-state index in [1.165, 1.54) is 25.0 Å². The van der Waals surface area contributed by atoms with Gasteiger partial charge in [-0.2, -0.15) is 0 Å². The number of rotatable bonds is 6. The number of carboxylic acids is 1. The van der Waals surface area contributed by atoms with Crippen LogP contribution in [0, 0.1) is 22.7 Å².